The molecule has 4 rings (SSSR count). The van der Waals surface area contributed by atoms with Crippen molar-refractivity contribution < 1.29 is 14.6 Å². The number of aliphatic carboxylic acids is 1. The quantitative estimate of drug-likeness (QED) is 0.453. The SMILES string of the molecule is COc1ccc2c(c1)c(CN[C@H](C(=O)O)c1ccccc1)cn2Cc1ccccc1. The second-order valence-electron chi connectivity index (χ2n) is 7.21. The highest BCUT2D eigenvalue weighted by molar-refractivity contribution is 5.85. The van der Waals surface area contributed by atoms with Crippen LogP contribution in [0.3, 0.4) is 0 Å². The molecule has 0 saturated carbocycles. The Hall–Kier alpha value is -3.57. The lowest BCUT2D eigenvalue weighted by Gasteiger charge is -2.14. The van der Waals surface area contributed by atoms with Crippen LogP contribution in [0.15, 0.2) is 85.1 Å². The fourth-order valence-electron chi connectivity index (χ4n) is 3.73. The highest BCUT2D eigenvalue weighted by Gasteiger charge is 2.20. The van der Waals surface area contributed by atoms with Gasteiger partial charge in [0, 0.05) is 30.2 Å². The molecule has 0 amide bonds. The molecule has 0 unspecified atom stereocenters. The van der Waals surface area contributed by atoms with Gasteiger partial charge in [0.25, 0.3) is 0 Å². The van der Waals surface area contributed by atoms with Crippen LogP contribution >= 0.6 is 0 Å². The molecule has 0 fully saturated rings. The van der Waals surface area contributed by atoms with Gasteiger partial charge in [0.1, 0.15) is 11.8 Å². The van der Waals surface area contributed by atoms with Crippen molar-refractivity contribution in [1.82, 2.24) is 9.88 Å². The fraction of sp³-hybridized carbons (Fsp3) is 0.160. The minimum Gasteiger partial charge on any atom is -0.497 e. The van der Waals surface area contributed by atoms with Gasteiger partial charge in [-0.2, -0.15) is 0 Å². The van der Waals surface area contributed by atoms with E-state index in [0.717, 1.165) is 34.3 Å². The van der Waals surface area contributed by atoms with Crippen LogP contribution in [0, 0.1) is 0 Å². The molecule has 0 radical (unpaired) electrons. The second-order valence-corrected chi connectivity index (χ2v) is 7.21. The summed E-state index contributed by atoms with van der Waals surface area (Å²) in [6.07, 6.45) is 2.09. The largest absolute Gasteiger partial charge is 0.497 e. The predicted octanol–water partition coefficient (Wildman–Crippen LogP) is 4.61. The summed E-state index contributed by atoms with van der Waals surface area (Å²) in [6.45, 7) is 1.17. The summed E-state index contributed by atoms with van der Waals surface area (Å²) >= 11 is 0. The van der Waals surface area contributed by atoms with Gasteiger partial charge in [-0.25, -0.2) is 0 Å². The van der Waals surface area contributed by atoms with Crippen LogP contribution in [0.2, 0.25) is 0 Å². The summed E-state index contributed by atoms with van der Waals surface area (Å²) in [5.74, 6) is -0.120. The van der Waals surface area contributed by atoms with Crippen LogP contribution in [-0.4, -0.2) is 22.8 Å². The molecule has 1 atom stereocenters. The Labute approximate surface area is 175 Å². The molecule has 1 heterocycles. The number of benzene rings is 3. The van der Waals surface area contributed by atoms with Gasteiger partial charge in [0.15, 0.2) is 0 Å². The van der Waals surface area contributed by atoms with Gasteiger partial charge in [-0.15, -0.1) is 0 Å². The van der Waals surface area contributed by atoms with Crippen LogP contribution in [0.25, 0.3) is 10.9 Å². The molecule has 5 nitrogen and oxygen atoms in total. The highest BCUT2D eigenvalue weighted by Crippen LogP contribution is 2.27. The Morgan fingerprint density at radius 2 is 1.73 bits per heavy atom. The number of carboxylic acid groups (broad SMARTS) is 1. The molecule has 1 aromatic heterocycles. The van der Waals surface area contributed by atoms with Gasteiger partial charge in [0.05, 0.1) is 7.11 Å². The van der Waals surface area contributed by atoms with Gasteiger partial charge in [-0.1, -0.05) is 60.7 Å². The number of aromatic nitrogens is 1. The number of ether oxygens (including phenoxy) is 1. The second kappa shape index (κ2) is 8.84. The van der Waals surface area contributed by atoms with Crippen LogP contribution in [-0.2, 0) is 17.9 Å². The Kier molecular flexibility index (Phi) is 5.82. The summed E-state index contributed by atoms with van der Waals surface area (Å²) in [5.41, 5.74) is 4.05. The summed E-state index contributed by atoms with van der Waals surface area (Å²) in [6, 6.07) is 24.7. The normalized spacial score (nSPS) is 12.0. The first kappa shape index (κ1) is 19.7. The van der Waals surface area contributed by atoms with Gasteiger partial charge in [-0.05, 0) is 34.9 Å². The Bertz CT molecular complexity index is 1140. The third-order valence-corrected chi connectivity index (χ3v) is 5.24. The van der Waals surface area contributed by atoms with Crippen LogP contribution < -0.4 is 10.1 Å². The lowest BCUT2D eigenvalue weighted by molar-refractivity contribution is -0.139. The average molecular weight is 400 g/mol. The first-order valence-corrected chi connectivity index (χ1v) is 9.86. The van der Waals surface area contributed by atoms with E-state index < -0.39 is 12.0 Å². The minimum absolute atomic E-state index is 0.428. The summed E-state index contributed by atoms with van der Waals surface area (Å²) in [7, 11) is 1.65. The number of fused-ring (bicyclic) bond motifs is 1. The highest BCUT2D eigenvalue weighted by atomic mass is 16.5. The molecule has 3 aromatic carbocycles. The first-order chi connectivity index (χ1) is 14.7. The molecular formula is C25H24N2O3. The van der Waals surface area contributed by atoms with E-state index in [1.807, 2.05) is 66.7 Å². The van der Waals surface area contributed by atoms with Gasteiger partial charge in [-0.3, -0.25) is 10.1 Å². The summed E-state index contributed by atoms with van der Waals surface area (Å²) in [5, 5.41) is 14.0. The van der Waals surface area contributed by atoms with Crippen molar-refractivity contribution in [2.45, 2.75) is 19.1 Å². The fourth-order valence-corrected chi connectivity index (χ4v) is 3.73. The zero-order valence-corrected chi connectivity index (χ0v) is 16.8. The predicted molar refractivity (Wildman–Crippen MR) is 118 cm³/mol. The van der Waals surface area contributed by atoms with Crippen LogP contribution in [0.5, 0.6) is 5.75 Å². The van der Waals surface area contributed by atoms with E-state index in [1.54, 1.807) is 7.11 Å². The van der Waals surface area contributed by atoms with E-state index in [4.69, 9.17) is 4.74 Å². The van der Waals surface area contributed by atoms with Crippen LogP contribution in [0.4, 0.5) is 0 Å². The molecule has 5 heteroatoms. The third-order valence-electron chi connectivity index (χ3n) is 5.24. The molecule has 152 valence electrons. The monoisotopic (exact) mass is 400 g/mol. The zero-order chi connectivity index (χ0) is 20.9. The van der Waals surface area contributed by atoms with Crippen molar-refractivity contribution in [1.29, 1.82) is 0 Å². The maximum Gasteiger partial charge on any atom is 0.325 e. The van der Waals surface area contributed by atoms with E-state index in [2.05, 4.69) is 28.2 Å². The number of methoxy groups -OCH3 is 1. The summed E-state index contributed by atoms with van der Waals surface area (Å²) in [4.78, 5) is 11.8. The Balaban J connectivity index is 1.66. The standard InChI is InChI=1S/C25H24N2O3/c1-30-21-12-13-23-22(14-21)20(17-27(23)16-18-8-4-2-5-9-18)15-26-24(25(28)29)19-10-6-3-7-11-19/h2-14,17,24,26H,15-16H2,1H3,(H,28,29)/t24-/m0/s1. The number of nitrogens with one attached hydrogen (secondary N) is 1. The van der Waals surface area contributed by atoms with Gasteiger partial charge in [0.2, 0.25) is 0 Å². The average Bonchev–Trinajstić information content (AvgIpc) is 3.11. The van der Waals surface area contributed by atoms with Crippen molar-refractivity contribution in [3.8, 4) is 5.75 Å². The molecule has 0 saturated heterocycles. The molecule has 0 spiro atoms. The van der Waals surface area contributed by atoms with Gasteiger partial charge < -0.3 is 14.4 Å². The molecule has 4 aromatic rings. The number of hydrogen-bond acceptors (Lipinski definition) is 3. The maximum absolute atomic E-state index is 11.8. The van der Waals surface area contributed by atoms with E-state index >= 15 is 0 Å². The number of nitrogens with zero attached hydrogens (tertiary/aromatic N) is 1. The molecule has 30 heavy (non-hydrogen) atoms. The molecule has 0 aliphatic rings. The van der Waals surface area contributed by atoms with Crippen LogP contribution in [0.1, 0.15) is 22.7 Å². The van der Waals surface area contributed by atoms with E-state index in [1.165, 1.54) is 5.56 Å². The van der Waals surface area contributed by atoms with E-state index in [-0.39, 0.29) is 0 Å². The smallest absolute Gasteiger partial charge is 0.325 e. The zero-order valence-electron chi connectivity index (χ0n) is 16.8. The van der Waals surface area contributed by atoms with E-state index in [0.29, 0.717) is 6.54 Å². The Morgan fingerprint density at radius 3 is 2.40 bits per heavy atom. The minimum atomic E-state index is -0.896. The lowest BCUT2D eigenvalue weighted by Crippen LogP contribution is -2.28. The lowest BCUT2D eigenvalue weighted by atomic mass is 10.1. The Morgan fingerprint density at radius 1 is 1.03 bits per heavy atom. The summed E-state index contributed by atoms with van der Waals surface area (Å²) < 4.78 is 7.61. The maximum atomic E-state index is 11.8. The van der Waals surface area contributed by atoms with Crippen molar-refractivity contribution in [2.75, 3.05) is 7.11 Å². The number of carboxylic acids is 1. The molecular weight excluding hydrogens is 376 g/mol. The number of rotatable bonds is 8. The topological polar surface area (TPSA) is 63.5 Å². The molecule has 2 N–H and O–H groups in total. The van der Waals surface area contributed by atoms with E-state index in [9.17, 15) is 9.90 Å². The van der Waals surface area contributed by atoms with Crippen molar-refractivity contribution >= 4 is 16.9 Å². The van der Waals surface area contributed by atoms with Gasteiger partial charge >= 0.3 is 5.97 Å². The van der Waals surface area contributed by atoms with Crippen molar-refractivity contribution in [3.63, 3.8) is 0 Å². The molecule has 0 aliphatic heterocycles. The first-order valence-electron chi connectivity index (χ1n) is 9.86. The molecule has 0 aliphatic carbocycles. The van der Waals surface area contributed by atoms with Crippen molar-refractivity contribution in [3.05, 3.63) is 102 Å². The molecule has 0 bridgehead atoms. The third kappa shape index (κ3) is 4.21. The van der Waals surface area contributed by atoms with Crippen molar-refractivity contribution in [2.24, 2.45) is 0 Å². The number of carbonyl (C=O) groups is 1. The number of hydrogen-bond donors (Lipinski definition) is 2.